The predicted octanol–water partition coefficient (Wildman–Crippen LogP) is -0.180. The van der Waals surface area contributed by atoms with Crippen LogP contribution in [0.3, 0.4) is 0 Å². The van der Waals surface area contributed by atoms with E-state index >= 15 is 0 Å². The molecule has 0 aromatic rings. The highest BCUT2D eigenvalue weighted by Gasteiger charge is 2.36. The zero-order valence-corrected chi connectivity index (χ0v) is 11.6. The molecule has 0 aliphatic rings. The summed E-state index contributed by atoms with van der Waals surface area (Å²) in [6.07, 6.45) is 0. The summed E-state index contributed by atoms with van der Waals surface area (Å²) in [5.74, 6) is -0.553. The van der Waals surface area contributed by atoms with E-state index in [-0.39, 0.29) is 33.0 Å². The first-order chi connectivity index (χ1) is 8.37. The molecular formula is C12H24O6. The highest BCUT2D eigenvalue weighted by Crippen LogP contribution is 2.22. The van der Waals surface area contributed by atoms with Crippen molar-refractivity contribution < 1.29 is 29.2 Å². The van der Waals surface area contributed by atoms with Gasteiger partial charge in [-0.25, -0.2) is 0 Å². The lowest BCUT2D eigenvalue weighted by Crippen LogP contribution is -2.41. The number of hydrogen-bond acceptors (Lipinski definition) is 6. The summed E-state index contributed by atoms with van der Waals surface area (Å²) in [5, 5.41) is 18.5. The molecule has 0 radical (unpaired) electrons. The van der Waals surface area contributed by atoms with Crippen molar-refractivity contribution in [3.63, 3.8) is 0 Å². The fraction of sp³-hybridized carbons (Fsp3) is 0.917. The first-order valence-corrected chi connectivity index (χ1v) is 5.74. The number of hydrogen-bond donors (Lipinski definition) is 2. The van der Waals surface area contributed by atoms with Crippen LogP contribution in [0, 0.1) is 10.8 Å². The molecule has 2 atom stereocenters. The first kappa shape index (κ1) is 17.3. The zero-order valence-electron chi connectivity index (χ0n) is 11.6. The van der Waals surface area contributed by atoms with Gasteiger partial charge >= 0.3 is 5.97 Å². The van der Waals surface area contributed by atoms with Gasteiger partial charge in [-0.05, 0) is 6.92 Å². The third-order valence-corrected chi connectivity index (χ3v) is 2.73. The number of methoxy groups -OCH3 is 2. The molecule has 2 unspecified atom stereocenters. The van der Waals surface area contributed by atoms with Gasteiger partial charge in [0, 0.05) is 19.6 Å². The van der Waals surface area contributed by atoms with E-state index in [1.165, 1.54) is 14.2 Å². The van der Waals surface area contributed by atoms with Crippen molar-refractivity contribution >= 4 is 5.97 Å². The van der Waals surface area contributed by atoms with Gasteiger partial charge in [0.1, 0.15) is 12.0 Å². The lowest BCUT2D eigenvalue weighted by molar-refractivity contribution is -0.166. The Morgan fingerprint density at radius 2 is 1.56 bits per heavy atom. The third kappa shape index (κ3) is 4.89. The molecule has 6 heteroatoms. The Hall–Kier alpha value is -0.690. The minimum atomic E-state index is -1.09. The topological polar surface area (TPSA) is 85.2 Å². The zero-order chi connectivity index (χ0) is 14.2. The van der Waals surface area contributed by atoms with Crippen LogP contribution in [0.5, 0.6) is 0 Å². The van der Waals surface area contributed by atoms with Gasteiger partial charge < -0.3 is 24.4 Å². The molecule has 0 heterocycles. The molecular weight excluding hydrogens is 240 g/mol. The number of aliphatic hydroxyl groups is 2. The molecule has 0 saturated carbocycles. The van der Waals surface area contributed by atoms with Gasteiger partial charge in [-0.1, -0.05) is 6.92 Å². The van der Waals surface area contributed by atoms with Gasteiger partial charge in [0.2, 0.25) is 0 Å². The first-order valence-electron chi connectivity index (χ1n) is 5.74. The summed E-state index contributed by atoms with van der Waals surface area (Å²) in [4.78, 5) is 11.9. The Balaban J connectivity index is 4.47. The number of carbonyl (C=O) groups excluding carboxylic acids is 1. The Kier molecular flexibility index (Phi) is 7.39. The SMILES string of the molecule is COCC(C)(CO)COC(=O)C(C)(CO)COC. The largest absolute Gasteiger partial charge is 0.464 e. The highest BCUT2D eigenvalue weighted by atomic mass is 16.5. The van der Waals surface area contributed by atoms with Crippen molar-refractivity contribution in [2.75, 3.05) is 47.3 Å². The molecule has 18 heavy (non-hydrogen) atoms. The second-order valence-electron chi connectivity index (χ2n) is 5.13. The second-order valence-corrected chi connectivity index (χ2v) is 5.13. The molecule has 2 N–H and O–H groups in total. The van der Waals surface area contributed by atoms with E-state index in [4.69, 9.17) is 14.2 Å². The molecule has 108 valence electrons. The lowest BCUT2D eigenvalue weighted by Gasteiger charge is -2.29. The summed E-state index contributed by atoms with van der Waals surface area (Å²) in [6, 6.07) is 0. The molecule has 0 bridgehead atoms. The predicted molar refractivity (Wildman–Crippen MR) is 65.1 cm³/mol. The molecule has 0 saturated heterocycles. The van der Waals surface area contributed by atoms with Crippen LogP contribution in [0.2, 0.25) is 0 Å². The van der Waals surface area contributed by atoms with Gasteiger partial charge in [0.05, 0.1) is 26.4 Å². The van der Waals surface area contributed by atoms with Crippen LogP contribution in [0.15, 0.2) is 0 Å². The van der Waals surface area contributed by atoms with E-state index < -0.39 is 16.8 Å². The maximum Gasteiger partial charge on any atom is 0.316 e. The van der Waals surface area contributed by atoms with Crippen LogP contribution in [-0.4, -0.2) is 63.4 Å². The Bertz CT molecular complexity index is 257. The standard InChI is InChI=1S/C12H24O6/c1-11(5-13,7-16-3)8-18-10(15)12(2,6-14)9-17-4/h13-14H,5-9H2,1-4H3. The third-order valence-electron chi connectivity index (χ3n) is 2.73. The van der Waals surface area contributed by atoms with E-state index in [1.54, 1.807) is 13.8 Å². The molecule has 6 nitrogen and oxygen atoms in total. The Labute approximate surface area is 108 Å². The summed E-state index contributed by atoms with van der Waals surface area (Å²) >= 11 is 0. The van der Waals surface area contributed by atoms with Crippen LogP contribution >= 0.6 is 0 Å². The normalized spacial score (nSPS) is 17.9. The van der Waals surface area contributed by atoms with E-state index in [1.807, 2.05) is 0 Å². The molecule has 0 rings (SSSR count). The number of aliphatic hydroxyl groups excluding tert-OH is 2. The fourth-order valence-electron chi connectivity index (χ4n) is 1.38. The van der Waals surface area contributed by atoms with Gasteiger partial charge in [-0.2, -0.15) is 0 Å². The van der Waals surface area contributed by atoms with Gasteiger partial charge in [0.15, 0.2) is 0 Å². The lowest BCUT2D eigenvalue weighted by atomic mass is 9.92. The summed E-state index contributed by atoms with van der Waals surface area (Å²) in [7, 11) is 2.96. The van der Waals surface area contributed by atoms with Crippen LogP contribution < -0.4 is 0 Å². The van der Waals surface area contributed by atoms with Crippen LogP contribution in [0.1, 0.15) is 13.8 Å². The minimum absolute atomic E-state index is 0.0233. The average molecular weight is 264 g/mol. The van der Waals surface area contributed by atoms with Gasteiger partial charge in [-0.15, -0.1) is 0 Å². The maximum atomic E-state index is 11.9. The van der Waals surface area contributed by atoms with Crippen LogP contribution in [-0.2, 0) is 19.0 Å². The Morgan fingerprint density at radius 3 is 1.94 bits per heavy atom. The number of rotatable bonds is 9. The minimum Gasteiger partial charge on any atom is -0.464 e. The van der Waals surface area contributed by atoms with E-state index in [0.29, 0.717) is 0 Å². The smallest absolute Gasteiger partial charge is 0.316 e. The monoisotopic (exact) mass is 264 g/mol. The molecule has 0 fully saturated rings. The van der Waals surface area contributed by atoms with E-state index in [2.05, 4.69) is 0 Å². The van der Waals surface area contributed by atoms with E-state index in [9.17, 15) is 15.0 Å². The summed E-state index contributed by atoms with van der Waals surface area (Å²) in [5.41, 5.74) is -1.73. The Morgan fingerprint density at radius 1 is 1.00 bits per heavy atom. The second kappa shape index (κ2) is 7.68. The van der Waals surface area contributed by atoms with Crippen molar-refractivity contribution in [3.05, 3.63) is 0 Å². The fourth-order valence-corrected chi connectivity index (χ4v) is 1.38. The van der Waals surface area contributed by atoms with Gasteiger partial charge in [-0.3, -0.25) is 4.79 Å². The number of esters is 1. The van der Waals surface area contributed by atoms with Crippen molar-refractivity contribution in [1.29, 1.82) is 0 Å². The molecule has 0 aromatic carbocycles. The molecule has 0 aliphatic carbocycles. The van der Waals surface area contributed by atoms with Crippen LogP contribution in [0.25, 0.3) is 0 Å². The average Bonchev–Trinajstić information content (AvgIpc) is 2.36. The maximum absolute atomic E-state index is 11.9. The molecule has 0 amide bonds. The number of ether oxygens (including phenoxy) is 3. The van der Waals surface area contributed by atoms with Gasteiger partial charge in [0.25, 0.3) is 0 Å². The molecule has 0 aliphatic heterocycles. The summed E-state index contributed by atoms with van der Waals surface area (Å²) < 4.78 is 15.0. The van der Waals surface area contributed by atoms with Crippen molar-refractivity contribution in [3.8, 4) is 0 Å². The van der Waals surface area contributed by atoms with Crippen LogP contribution in [0.4, 0.5) is 0 Å². The number of carbonyl (C=O) groups is 1. The highest BCUT2D eigenvalue weighted by molar-refractivity contribution is 5.76. The summed E-state index contributed by atoms with van der Waals surface area (Å²) in [6.45, 7) is 3.16. The van der Waals surface area contributed by atoms with Crippen molar-refractivity contribution in [2.24, 2.45) is 10.8 Å². The van der Waals surface area contributed by atoms with Crippen molar-refractivity contribution in [2.45, 2.75) is 13.8 Å². The molecule has 0 spiro atoms. The van der Waals surface area contributed by atoms with Crippen molar-refractivity contribution in [1.82, 2.24) is 0 Å². The quantitative estimate of drug-likeness (QED) is 0.562. The molecule has 0 aromatic heterocycles. The van der Waals surface area contributed by atoms with E-state index in [0.717, 1.165) is 0 Å².